The lowest BCUT2D eigenvalue weighted by Gasteiger charge is -2.27. The quantitative estimate of drug-likeness (QED) is 0.820. The van der Waals surface area contributed by atoms with E-state index in [1.54, 1.807) is 23.3 Å². The number of nitrogens with two attached hydrogens (primary N) is 1. The summed E-state index contributed by atoms with van der Waals surface area (Å²) in [6.07, 6.45) is 7.30. The van der Waals surface area contributed by atoms with Crippen molar-refractivity contribution >= 4 is 17.7 Å². The van der Waals surface area contributed by atoms with E-state index in [0.29, 0.717) is 23.9 Å². The Kier molecular flexibility index (Phi) is 4.31. The fraction of sp³-hybridized carbons (Fsp3) is 0.412. The fourth-order valence-corrected chi connectivity index (χ4v) is 4.28. The Balaban J connectivity index is 1.66. The first-order chi connectivity index (χ1) is 12.5. The van der Waals surface area contributed by atoms with Gasteiger partial charge in [-0.05, 0) is 43.4 Å². The summed E-state index contributed by atoms with van der Waals surface area (Å²) in [5, 5.41) is 4.26. The molecular formula is C17H20N6O2S. The topological polar surface area (TPSA) is 99.0 Å². The lowest BCUT2D eigenvalue weighted by Crippen LogP contribution is -2.33. The molecule has 1 unspecified atom stereocenters. The van der Waals surface area contributed by atoms with E-state index in [2.05, 4.69) is 10.1 Å². The number of hydrogen-bond donors (Lipinski definition) is 1. The summed E-state index contributed by atoms with van der Waals surface area (Å²) in [7, 11) is 0. The first-order valence-corrected chi connectivity index (χ1v) is 9.39. The fourth-order valence-electron chi connectivity index (χ4n) is 3.05. The van der Waals surface area contributed by atoms with E-state index in [1.165, 1.54) is 16.4 Å². The highest BCUT2D eigenvalue weighted by Crippen LogP contribution is 2.44. The van der Waals surface area contributed by atoms with Gasteiger partial charge in [0.25, 0.3) is 5.91 Å². The highest BCUT2D eigenvalue weighted by molar-refractivity contribution is 8.04. The predicted molar refractivity (Wildman–Crippen MR) is 97.5 cm³/mol. The van der Waals surface area contributed by atoms with Gasteiger partial charge in [-0.25, -0.2) is 9.48 Å². The average Bonchev–Trinajstić information content (AvgIpc) is 3.30. The minimum Gasteiger partial charge on any atom is -0.365 e. The van der Waals surface area contributed by atoms with Crippen LogP contribution >= 0.6 is 11.8 Å². The van der Waals surface area contributed by atoms with E-state index >= 15 is 0 Å². The van der Waals surface area contributed by atoms with Gasteiger partial charge in [-0.15, -0.1) is 0 Å². The van der Waals surface area contributed by atoms with Crippen molar-refractivity contribution in [1.82, 2.24) is 24.2 Å². The molecule has 9 heteroatoms. The van der Waals surface area contributed by atoms with Crippen LogP contribution in [0.3, 0.4) is 0 Å². The van der Waals surface area contributed by atoms with Gasteiger partial charge in [0, 0.05) is 31.2 Å². The Morgan fingerprint density at radius 3 is 2.73 bits per heavy atom. The van der Waals surface area contributed by atoms with Gasteiger partial charge in [0.15, 0.2) is 5.50 Å². The molecule has 1 amide bonds. The minimum atomic E-state index is -0.479. The summed E-state index contributed by atoms with van der Waals surface area (Å²) >= 11 is 1.29. The largest absolute Gasteiger partial charge is 0.365 e. The molecule has 2 N–H and O–H groups in total. The van der Waals surface area contributed by atoms with E-state index in [1.807, 2.05) is 24.0 Å². The number of carbonyl (C=O) groups is 1. The lowest BCUT2D eigenvalue weighted by atomic mass is 10.2. The Hall–Kier alpha value is -2.55. The molecule has 8 nitrogen and oxygen atoms in total. The molecule has 2 aliphatic rings. The summed E-state index contributed by atoms with van der Waals surface area (Å²) in [6.45, 7) is 3.06. The Morgan fingerprint density at radius 2 is 2.08 bits per heavy atom. The van der Waals surface area contributed by atoms with Crippen LogP contribution in [-0.4, -0.2) is 30.1 Å². The summed E-state index contributed by atoms with van der Waals surface area (Å²) in [4.78, 5) is 31.1. The van der Waals surface area contributed by atoms with Crippen molar-refractivity contribution < 1.29 is 4.79 Å². The number of primary amides is 1. The maximum atomic E-state index is 12.8. The highest BCUT2D eigenvalue weighted by atomic mass is 32.2. The highest BCUT2D eigenvalue weighted by Gasteiger charge is 2.35. The Labute approximate surface area is 154 Å². The van der Waals surface area contributed by atoms with Gasteiger partial charge >= 0.3 is 5.69 Å². The molecule has 1 aliphatic heterocycles. The molecule has 0 bridgehead atoms. The number of aromatic nitrogens is 4. The van der Waals surface area contributed by atoms with Gasteiger partial charge in [-0.2, -0.15) is 5.10 Å². The zero-order valence-corrected chi connectivity index (χ0v) is 15.2. The monoisotopic (exact) mass is 372 g/mol. The Morgan fingerprint density at radius 1 is 1.35 bits per heavy atom. The first kappa shape index (κ1) is 16.9. The summed E-state index contributed by atoms with van der Waals surface area (Å²) in [5.41, 5.74) is 6.80. The zero-order chi connectivity index (χ0) is 18.3. The van der Waals surface area contributed by atoms with Crippen LogP contribution in [0.4, 0.5) is 0 Å². The second kappa shape index (κ2) is 6.64. The van der Waals surface area contributed by atoms with Gasteiger partial charge in [0.2, 0.25) is 0 Å². The molecular weight excluding hydrogens is 352 g/mol. The van der Waals surface area contributed by atoms with Crippen LogP contribution in [-0.2, 0) is 17.9 Å². The van der Waals surface area contributed by atoms with Crippen LogP contribution in [0.1, 0.15) is 30.8 Å². The molecule has 1 aliphatic carbocycles. The van der Waals surface area contributed by atoms with Gasteiger partial charge in [-0.1, -0.05) is 11.8 Å². The molecule has 1 fully saturated rings. The van der Waals surface area contributed by atoms with Crippen LogP contribution in [0.2, 0.25) is 0 Å². The van der Waals surface area contributed by atoms with Gasteiger partial charge in [0.1, 0.15) is 6.33 Å². The molecule has 26 heavy (non-hydrogen) atoms. The normalized spacial score (nSPS) is 20.0. The predicted octanol–water partition coefficient (Wildman–Crippen LogP) is 1.27. The number of nitrogens with zero attached hydrogens (tertiary/aromatic N) is 5. The number of carbonyl (C=O) groups excluding carboxylic acids is 1. The third kappa shape index (κ3) is 3.14. The number of hydrogen-bond acceptors (Lipinski definition) is 6. The van der Waals surface area contributed by atoms with E-state index in [-0.39, 0.29) is 11.2 Å². The van der Waals surface area contributed by atoms with Crippen LogP contribution < -0.4 is 11.4 Å². The number of rotatable bonds is 6. The van der Waals surface area contributed by atoms with Crippen molar-refractivity contribution in [3.8, 4) is 0 Å². The second-order valence-corrected chi connectivity index (χ2v) is 7.72. The number of thioether (sulfide) groups is 1. The molecule has 3 heterocycles. The third-order valence-corrected chi connectivity index (χ3v) is 6.12. The third-order valence-electron chi connectivity index (χ3n) is 4.70. The Bertz CT molecular complexity index is 915. The average molecular weight is 372 g/mol. The first-order valence-electron chi connectivity index (χ1n) is 8.51. The van der Waals surface area contributed by atoms with Crippen LogP contribution in [0.5, 0.6) is 0 Å². The SMILES string of the molecule is CC1=C(C(N)=O)SC(n2cnn(CC3CC3)c2=O)N1Cc1ccncc1. The molecule has 2 aromatic heterocycles. The van der Waals surface area contributed by atoms with E-state index in [0.717, 1.165) is 24.1 Å². The van der Waals surface area contributed by atoms with Crippen molar-refractivity contribution in [1.29, 1.82) is 0 Å². The summed E-state index contributed by atoms with van der Waals surface area (Å²) in [6, 6.07) is 3.83. The van der Waals surface area contributed by atoms with E-state index in [4.69, 9.17) is 5.73 Å². The number of allylic oxidation sites excluding steroid dienone is 1. The molecule has 0 spiro atoms. The molecule has 0 aromatic carbocycles. The summed E-state index contributed by atoms with van der Waals surface area (Å²) in [5.74, 6) is 0.0781. The van der Waals surface area contributed by atoms with Crippen molar-refractivity contribution in [2.45, 2.75) is 38.4 Å². The van der Waals surface area contributed by atoms with Gasteiger partial charge in [-0.3, -0.25) is 14.3 Å². The van der Waals surface area contributed by atoms with Crippen molar-refractivity contribution in [3.63, 3.8) is 0 Å². The minimum absolute atomic E-state index is 0.160. The smallest absolute Gasteiger partial charge is 0.348 e. The second-order valence-electron chi connectivity index (χ2n) is 6.65. The number of pyridine rings is 1. The maximum absolute atomic E-state index is 12.8. The maximum Gasteiger partial charge on any atom is 0.348 e. The van der Waals surface area contributed by atoms with Crippen molar-refractivity contribution in [2.75, 3.05) is 0 Å². The van der Waals surface area contributed by atoms with E-state index < -0.39 is 5.91 Å². The lowest BCUT2D eigenvalue weighted by molar-refractivity contribution is -0.114. The molecule has 1 saturated carbocycles. The molecule has 0 radical (unpaired) electrons. The van der Waals surface area contributed by atoms with Gasteiger partial charge < -0.3 is 10.6 Å². The van der Waals surface area contributed by atoms with Gasteiger partial charge in [0.05, 0.1) is 4.91 Å². The summed E-state index contributed by atoms with van der Waals surface area (Å²) < 4.78 is 3.09. The standard InChI is InChI=1S/C17H20N6O2S/c1-11-14(15(18)24)26-17(21(11)8-13-4-6-19-7-5-13)22-10-20-23(16(22)25)9-12-2-3-12/h4-7,10,12,17H,2-3,8-9H2,1H3,(H2,18,24). The number of amides is 1. The van der Waals surface area contributed by atoms with Crippen molar-refractivity contribution in [3.05, 3.63) is 57.5 Å². The van der Waals surface area contributed by atoms with E-state index in [9.17, 15) is 9.59 Å². The zero-order valence-electron chi connectivity index (χ0n) is 14.4. The molecule has 0 saturated heterocycles. The van der Waals surface area contributed by atoms with Crippen LogP contribution in [0.25, 0.3) is 0 Å². The van der Waals surface area contributed by atoms with Crippen molar-refractivity contribution in [2.24, 2.45) is 11.7 Å². The molecule has 4 rings (SSSR count). The molecule has 2 aromatic rings. The van der Waals surface area contributed by atoms with Crippen LogP contribution in [0, 0.1) is 5.92 Å². The molecule has 136 valence electrons. The van der Waals surface area contributed by atoms with Crippen LogP contribution in [0.15, 0.2) is 46.3 Å². The molecule has 1 atom stereocenters.